The lowest BCUT2D eigenvalue weighted by Crippen LogP contribution is -2.31. The fourth-order valence-corrected chi connectivity index (χ4v) is 2.18. The van der Waals surface area contributed by atoms with Gasteiger partial charge in [0.15, 0.2) is 0 Å². The fraction of sp³-hybridized carbons (Fsp3) is 0.467. The summed E-state index contributed by atoms with van der Waals surface area (Å²) in [5, 5.41) is 0. The zero-order valence-electron chi connectivity index (χ0n) is 11.0. The van der Waals surface area contributed by atoms with Gasteiger partial charge in [0.25, 0.3) is 0 Å². The standard InChI is InChI=1S/C15H19NO2/c1-11(2)13-5-3-12(4-6-13)9-10-16-14(17)7-8-15(16)18/h3-6,11H,7-10H2,1-2H3. The second-order valence-corrected chi connectivity index (χ2v) is 5.09. The van der Waals surface area contributed by atoms with Gasteiger partial charge < -0.3 is 0 Å². The molecular weight excluding hydrogens is 226 g/mol. The molecule has 0 N–H and O–H groups in total. The van der Waals surface area contributed by atoms with Crippen molar-refractivity contribution in [2.24, 2.45) is 0 Å². The lowest BCUT2D eigenvalue weighted by atomic mass is 10.0. The molecule has 3 nitrogen and oxygen atoms in total. The van der Waals surface area contributed by atoms with Crippen molar-refractivity contribution in [2.45, 2.75) is 39.0 Å². The molecule has 0 spiro atoms. The van der Waals surface area contributed by atoms with Gasteiger partial charge in [0.05, 0.1) is 0 Å². The Kier molecular flexibility index (Phi) is 3.80. The van der Waals surface area contributed by atoms with E-state index in [-0.39, 0.29) is 11.8 Å². The van der Waals surface area contributed by atoms with Gasteiger partial charge in [-0.25, -0.2) is 0 Å². The largest absolute Gasteiger partial charge is 0.282 e. The van der Waals surface area contributed by atoms with Gasteiger partial charge in [-0.15, -0.1) is 0 Å². The molecule has 0 atom stereocenters. The van der Waals surface area contributed by atoms with Crippen LogP contribution in [0.25, 0.3) is 0 Å². The van der Waals surface area contributed by atoms with Crippen molar-refractivity contribution >= 4 is 11.8 Å². The second-order valence-electron chi connectivity index (χ2n) is 5.09. The monoisotopic (exact) mass is 245 g/mol. The van der Waals surface area contributed by atoms with Crippen LogP contribution in [0, 0.1) is 0 Å². The lowest BCUT2D eigenvalue weighted by Gasteiger charge is -2.13. The SMILES string of the molecule is CC(C)c1ccc(CCN2C(=O)CCC2=O)cc1. The summed E-state index contributed by atoms with van der Waals surface area (Å²) in [5.41, 5.74) is 2.49. The van der Waals surface area contributed by atoms with E-state index in [1.807, 2.05) is 0 Å². The summed E-state index contributed by atoms with van der Waals surface area (Å²) in [7, 11) is 0. The number of nitrogens with zero attached hydrogens (tertiary/aromatic N) is 1. The molecule has 0 bridgehead atoms. The molecule has 1 aromatic rings. The molecule has 0 saturated carbocycles. The van der Waals surface area contributed by atoms with Crippen LogP contribution in [0.3, 0.4) is 0 Å². The molecule has 18 heavy (non-hydrogen) atoms. The minimum absolute atomic E-state index is 0.0289. The van der Waals surface area contributed by atoms with E-state index in [2.05, 4.69) is 38.1 Å². The van der Waals surface area contributed by atoms with E-state index in [9.17, 15) is 9.59 Å². The summed E-state index contributed by atoms with van der Waals surface area (Å²) < 4.78 is 0. The number of carbonyl (C=O) groups is 2. The van der Waals surface area contributed by atoms with Gasteiger partial charge in [-0.1, -0.05) is 38.1 Å². The van der Waals surface area contributed by atoms with Crippen LogP contribution in [0.15, 0.2) is 24.3 Å². The third kappa shape index (κ3) is 2.78. The van der Waals surface area contributed by atoms with E-state index < -0.39 is 0 Å². The summed E-state index contributed by atoms with van der Waals surface area (Å²) >= 11 is 0. The molecule has 0 radical (unpaired) electrons. The molecule has 0 aliphatic carbocycles. The van der Waals surface area contributed by atoms with Crippen molar-refractivity contribution in [3.63, 3.8) is 0 Å². The smallest absolute Gasteiger partial charge is 0.229 e. The highest BCUT2D eigenvalue weighted by molar-refractivity contribution is 6.01. The highest BCUT2D eigenvalue weighted by Gasteiger charge is 2.27. The van der Waals surface area contributed by atoms with Crippen molar-refractivity contribution in [1.29, 1.82) is 0 Å². The normalized spacial score (nSPS) is 15.8. The minimum Gasteiger partial charge on any atom is -0.282 e. The molecule has 1 aromatic carbocycles. The Morgan fingerprint density at radius 1 is 1.06 bits per heavy atom. The number of hydrogen-bond donors (Lipinski definition) is 0. The van der Waals surface area contributed by atoms with E-state index >= 15 is 0 Å². The van der Waals surface area contributed by atoms with E-state index in [4.69, 9.17) is 0 Å². The van der Waals surface area contributed by atoms with Crippen LogP contribution in [0.1, 0.15) is 43.7 Å². The Bertz CT molecular complexity index is 432. The molecule has 1 heterocycles. The summed E-state index contributed by atoms with van der Waals surface area (Å²) in [6.45, 7) is 4.84. The second kappa shape index (κ2) is 5.34. The average Bonchev–Trinajstić information content (AvgIpc) is 2.67. The molecule has 1 saturated heterocycles. The average molecular weight is 245 g/mol. The van der Waals surface area contributed by atoms with Crippen LogP contribution in [0.2, 0.25) is 0 Å². The molecule has 96 valence electrons. The lowest BCUT2D eigenvalue weighted by molar-refractivity contribution is -0.138. The number of rotatable bonds is 4. The molecule has 2 amide bonds. The van der Waals surface area contributed by atoms with Crippen LogP contribution in [0.5, 0.6) is 0 Å². The number of likely N-dealkylation sites (tertiary alicyclic amines) is 1. The topological polar surface area (TPSA) is 37.4 Å². The van der Waals surface area contributed by atoms with Crippen molar-refractivity contribution in [3.05, 3.63) is 35.4 Å². The summed E-state index contributed by atoms with van der Waals surface area (Å²) in [6, 6.07) is 8.40. The number of hydrogen-bond acceptors (Lipinski definition) is 2. The van der Waals surface area contributed by atoms with Gasteiger partial charge in [0.1, 0.15) is 0 Å². The fourth-order valence-electron chi connectivity index (χ4n) is 2.18. The molecule has 1 aliphatic heterocycles. The zero-order chi connectivity index (χ0) is 13.1. The maximum atomic E-state index is 11.5. The Morgan fingerprint density at radius 2 is 1.61 bits per heavy atom. The van der Waals surface area contributed by atoms with E-state index in [0.717, 1.165) is 6.42 Å². The van der Waals surface area contributed by atoms with Crippen molar-refractivity contribution in [1.82, 2.24) is 4.90 Å². The first-order chi connectivity index (χ1) is 8.58. The molecule has 0 unspecified atom stereocenters. The van der Waals surface area contributed by atoms with Crippen LogP contribution in [0.4, 0.5) is 0 Å². The van der Waals surface area contributed by atoms with Crippen LogP contribution < -0.4 is 0 Å². The first kappa shape index (κ1) is 12.8. The number of benzene rings is 1. The van der Waals surface area contributed by atoms with Crippen molar-refractivity contribution in [3.8, 4) is 0 Å². The molecule has 0 aromatic heterocycles. The van der Waals surface area contributed by atoms with Gasteiger partial charge in [0.2, 0.25) is 11.8 Å². The maximum absolute atomic E-state index is 11.5. The minimum atomic E-state index is -0.0289. The number of amides is 2. The van der Waals surface area contributed by atoms with Gasteiger partial charge in [-0.05, 0) is 23.5 Å². The zero-order valence-corrected chi connectivity index (χ0v) is 11.0. The summed E-state index contributed by atoms with van der Waals surface area (Å²) in [4.78, 5) is 24.3. The Hall–Kier alpha value is -1.64. The summed E-state index contributed by atoms with van der Waals surface area (Å²) in [6.07, 6.45) is 1.51. The van der Waals surface area contributed by atoms with Crippen molar-refractivity contribution < 1.29 is 9.59 Å². The van der Waals surface area contributed by atoms with Gasteiger partial charge >= 0.3 is 0 Å². The highest BCUT2D eigenvalue weighted by Crippen LogP contribution is 2.16. The Morgan fingerprint density at radius 3 is 2.11 bits per heavy atom. The van der Waals surface area contributed by atoms with Gasteiger partial charge in [-0.3, -0.25) is 14.5 Å². The number of carbonyl (C=O) groups excluding carboxylic acids is 2. The molecule has 2 rings (SSSR count). The van der Waals surface area contributed by atoms with Gasteiger partial charge in [0, 0.05) is 19.4 Å². The van der Waals surface area contributed by atoms with E-state index in [1.54, 1.807) is 0 Å². The first-order valence-electron chi connectivity index (χ1n) is 6.50. The molecule has 3 heteroatoms. The quantitative estimate of drug-likeness (QED) is 0.764. The van der Waals surface area contributed by atoms with E-state index in [0.29, 0.717) is 25.3 Å². The van der Waals surface area contributed by atoms with Crippen LogP contribution in [-0.4, -0.2) is 23.3 Å². The first-order valence-corrected chi connectivity index (χ1v) is 6.50. The van der Waals surface area contributed by atoms with Crippen molar-refractivity contribution in [2.75, 3.05) is 6.54 Å². The summed E-state index contributed by atoms with van der Waals surface area (Å²) in [5.74, 6) is 0.471. The number of imide groups is 1. The molecular formula is C15H19NO2. The third-order valence-corrected chi connectivity index (χ3v) is 3.43. The molecule has 1 fully saturated rings. The van der Waals surface area contributed by atoms with Crippen LogP contribution in [-0.2, 0) is 16.0 Å². The van der Waals surface area contributed by atoms with E-state index in [1.165, 1.54) is 16.0 Å². The predicted molar refractivity (Wildman–Crippen MR) is 70.2 cm³/mol. The third-order valence-electron chi connectivity index (χ3n) is 3.43. The molecule has 1 aliphatic rings. The Balaban J connectivity index is 1.94. The Labute approximate surface area is 108 Å². The maximum Gasteiger partial charge on any atom is 0.229 e. The van der Waals surface area contributed by atoms with Gasteiger partial charge in [-0.2, -0.15) is 0 Å². The highest BCUT2D eigenvalue weighted by atomic mass is 16.2. The van der Waals surface area contributed by atoms with Crippen LogP contribution >= 0.6 is 0 Å². The predicted octanol–water partition coefficient (Wildman–Crippen LogP) is 2.50.